The van der Waals surface area contributed by atoms with Crippen molar-refractivity contribution >= 4 is 15.9 Å². The van der Waals surface area contributed by atoms with Crippen LogP contribution in [0.5, 0.6) is 0 Å². The summed E-state index contributed by atoms with van der Waals surface area (Å²) in [5, 5.41) is 0. The quantitative estimate of drug-likeness (QED) is 0.679. The number of aromatic nitrogens is 1. The van der Waals surface area contributed by atoms with E-state index in [0.29, 0.717) is 25.2 Å². The van der Waals surface area contributed by atoms with Crippen molar-refractivity contribution in [2.24, 2.45) is 0 Å². The van der Waals surface area contributed by atoms with E-state index in [4.69, 9.17) is 0 Å². The summed E-state index contributed by atoms with van der Waals surface area (Å²) in [6.45, 7) is 2.86. The number of carbonyl (C=O) groups is 1. The minimum Gasteiger partial charge on any atom is -0.357 e. The van der Waals surface area contributed by atoms with Gasteiger partial charge in [0, 0.05) is 25.3 Å². The zero-order valence-electron chi connectivity index (χ0n) is 16.1. The van der Waals surface area contributed by atoms with Crippen LogP contribution in [0, 0.1) is 0 Å². The van der Waals surface area contributed by atoms with Crippen LogP contribution in [0.2, 0.25) is 0 Å². The summed E-state index contributed by atoms with van der Waals surface area (Å²) >= 11 is 0. The Morgan fingerprint density at radius 3 is 2.59 bits per heavy atom. The van der Waals surface area contributed by atoms with Crippen molar-refractivity contribution in [1.29, 1.82) is 0 Å². The van der Waals surface area contributed by atoms with Gasteiger partial charge < -0.3 is 9.88 Å². The van der Waals surface area contributed by atoms with Gasteiger partial charge in [-0.05, 0) is 54.3 Å². The molecule has 0 saturated heterocycles. The predicted octanol–water partition coefficient (Wildman–Crippen LogP) is 3.25. The van der Waals surface area contributed by atoms with E-state index in [1.165, 1.54) is 0 Å². The summed E-state index contributed by atoms with van der Waals surface area (Å²) in [6, 6.07) is 17.9. The molecule has 0 fully saturated rings. The van der Waals surface area contributed by atoms with Gasteiger partial charge in [0.2, 0.25) is 10.0 Å². The summed E-state index contributed by atoms with van der Waals surface area (Å²) in [5.74, 6) is -0.0456. The summed E-state index contributed by atoms with van der Waals surface area (Å²) in [6.07, 6.45) is 2.35. The number of benzene rings is 2. The first-order valence-electron chi connectivity index (χ1n) is 9.56. The van der Waals surface area contributed by atoms with E-state index >= 15 is 0 Å². The normalized spacial score (nSPS) is 15.0. The van der Waals surface area contributed by atoms with E-state index in [-0.39, 0.29) is 16.8 Å². The van der Waals surface area contributed by atoms with Gasteiger partial charge in [-0.2, -0.15) is 0 Å². The number of aromatic amines is 1. The fourth-order valence-corrected chi connectivity index (χ4v) is 4.90. The van der Waals surface area contributed by atoms with Crippen LogP contribution in [0.3, 0.4) is 0 Å². The molecule has 2 aromatic carbocycles. The number of fused-ring (bicyclic) bond motifs is 1. The Kier molecular flexibility index (Phi) is 5.25. The average Bonchev–Trinajstić information content (AvgIpc) is 3.27. The first-order valence-corrected chi connectivity index (χ1v) is 11.0. The highest BCUT2D eigenvalue weighted by molar-refractivity contribution is 7.89. The number of nitrogens with zero attached hydrogens (tertiary/aromatic N) is 1. The molecular formula is C22H23N3O3S. The van der Waals surface area contributed by atoms with E-state index < -0.39 is 10.0 Å². The Balaban J connectivity index is 1.51. The Hall–Kier alpha value is -2.90. The van der Waals surface area contributed by atoms with Crippen LogP contribution in [0.15, 0.2) is 71.8 Å². The topological polar surface area (TPSA) is 82.3 Å². The second kappa shape index (κ2) is 7.85. The van der Waals surface area contributed by atoms with Crippen molar-refractivity contribution in [2.75, 3.05) is 6.54 Å². The minimum absolute atomic E-state index is 0.0456. The minimum atomic E-state index is -3.64. The van der Waals surface area contributed by atoms with Crippen LogP contribution >= 0.6 is 0 Å². The Bertz CT molecular complexity index is 1110. The highest BCUT2D eigenvalue weighted by Crippen LogP contribution is 2.24. The van der Waals surface area contributed by atoms with Crippen molar-refractivity contribution in [3.8, 4) is 0 Å². The first-order chi connectivity index (χ1) is 13.9. The van der Waals surface area contributed by atoms with E-state index in [1.807, 2.05) is 43.3 Å². The van der Waals surface area contributed by atoms with Crippen molar-refractivity contribution in [3.05, 3.63) is 89.2 Å². The lowest BCUT2D eigenvalue weighted by molar-refractivity contribution is 0.0729. The van der Waals surface area contributed by atoms with Gasteiger partial charge in [-0.1, -0.05) is 36.4 Å². The number of amides is 1. The third kappa shape index (κ3) is 4.11. The van der Waals surface area contributed by atoms with Crippen molar-refractivity contribution in [2.45, 2.75) is 30.8 Å². The number of sulfonamides is 1. The van der Waals surface area contributed by atoms with Gasteiger partial charge in [0.1, 0.15) is 5.69 Å². The van der Waals surface area contributed by atoms with Gasteiger partial charge >= 0.3 is 0 Å². The number of carbonyl (C=O) groups excluding carboxylic acids is 1. The SMILES string of the molecule is C[C@H](NS(=O)(=O)c1ccc2c(c1)CCN(C(=O)c1ccc[nH]1)C2)c1ccccc1. The maximum absolute atomic E-state index is 12.8. The first kappa shape index (κ1) is 19.4. The average molecular weight is 410 g/mol. The van der Waals surface area contributed by atoms with Crippen LogP contribution in [0.4, 0.5) is 0 Å². The second-order valence-electron chi connectivity index (χ2n) is 7.24. The fraction of sp³-hybridized carbons (Fsp3) is 0.227. The summed E-state index contributed by atoms with van der Waals surface area (Å²) in [5.41, 5.74) is 3.42. The van der Waals surface area contributed by atoms with Gasteiger partial charge in [-0.25, -0.2) is 13.1 Å². The van der Waals surface area contributed by atoms with E-state index in [9.17, 15) is 13.2 Å². The standard InChI is InChI=1S/C22H23N3O3S/c1-16(17-6-3-2-4-7-17)24-29(27,28)20-10-9-19-15-25(13-11-18(19)14-20)22(26)21-8-5-12-23-21/h2-10,12,14,16,23-24H,11,13,15H2,1H3/t16-/m0/s1. The molecular weight excluding hydrogens is 386 g/mol. The molecule has 0 aliphatic carbocycles. The van der Waals surface area contributed by atoms with Crippen LogP contribution in [-0.4, -0.2) is 30.8 Å². The molecule has 1 amide bonds. The molecule has 2 N–H and O–H groups in total. The van der Waals surface area contributed by atoms with Crippen LogP contribution < -0.4 is 4.72 Å². The lowest BCUT2D eigenvalue weighted by atomic mass is 9.99. The van der Waals surface area contributed by atoms with Gasteiger partial charge in [0.05, 0.1) is 4.90 Å². The van der Waals surface area contributed by atoms with Crippen molar-refractivity contribution < 1.29 is 13.2 Å². The summed E-state index contributed by atoms with van der Waals surface area (Å²) < 4.78 is 28.4. The number of nitrogens with one attached hydrogen (secondary N) is 2. The zero-order chi connectivity index (χ0) is 20.4. The van der Waals surface area contributed by atoms with Gasteiger partial charge in [-0.15, -0.1) is 0 Å². The maximum atomic E-state index is 12.8. The van der Waals surface area contributed by atoms with Crippen LogP contribution in [0.25, 0.3) is 0 Å². The fourth-order valence-electron chi connectivity index (χ4n) is 3.61. The smallest absolute Gasteiger partial charge is 0.270 e. The third-order valence-electron chi connectivity index (χ3n) is 5.25. The molecule has 0 unspecified atom stereocenters. The molecule has 6 nitrogen and oxygen atoms in total. The lowest BCUT2D eigenvalue weighted by Gasteiger charge is -2.29. The molecule has 0 bridgehead atoms. The molecule has 3 aromatic rings. The molecule has 29 heavy (non-hydrogen) atoms. The van der Waals surface area contributed by atoms with Gasteiger partial charge in [0.15, 0.2) is 0 Å². The van der Waals surface area contributed by atoms with E-state index in [2.05, 4.69) is 9.71 Å². The van der Waals surface area contributed by atoms with Crippen LogP contribution in [-0.2, 0) is 23.0 Å². The molecule has 7 heteroatoms. The maximum Gasteiger partial charge on any atom is 0.270 e. The Morgan fingerprint density at radius 2 is 1.86 bits per heavy atom. The van der Waals surface area contributed by atoms with Gasteiger partial charge in [-0.3, -0.25) is 4.79 Å². The molecule has 0 spiro atoms. The molecule has 0 radical (unpaired) electrons. The van der Waals surface area contributed by atoms with Crippen molar-refractivity contribution in [3.63, 3.8) is 0 Å². The Labute approximate surface area is 170 Å². The highest BCUT2D eigenvalue weighted by atomic mass is 32.2. The number of hydrogen-bond donors (Lipinski definition) is 2. The molecule has 0 saturated carbocycles. The summed E-state index contributed by atoms with van der Waals surface area (Å²) in [4.78, 5) is 17.5. The van der Waals surface area contributed by atoms with Gasteiger partial charge in [0.25, 0.3) is 5.91 Å². The van der Waals surface area contributed by atoms with E-state index in [1.54, 1.807) is 35.4 Å². The van der Waals surface area contributed by atoms with Crippen molar-refractivity contribution in [1.82, 2.24) is 14.6 Å². The third-order valence-corrected chi connectivity index (χ3v) is 6.79. The molecule has 4 rings (SSSR count). The summed E-state index contributed by atoms with van der Waals surface area (Å²) in [7, 11) is -3.64. The van der Waals surface area contributed by atoms with Crippen LogP contribution in [0.1, 0.15) is 40.1 Å². The predicted molar refractivity (Wildman–Crippen MR) is 111 cm³/mol. The number of hydrogen-bond acceptors (Lipinski definition) is 3. The lowest BCUT2D eigenvalue weighted by Crippen LogP contribution is -2.36. The molecule has 2 heterocycles. The second-order valence-corrected chi connectivity index (χ2v) is 8.96. The molecule has 1 aliphatic rings. The molecule has 1 aromatic heterocycles. The molecule has 1 atom stereocenters. The highest BCUT2D eigenvalue weighted by Gasteiger charge is 2.25. The largest absolute Gasteiger partial charge is 0.357 e. The molecule has 150 valence electrons. The number of H-pyrrole nitrogens is 1. The molecule has 1 aliphatic heterocycles. The number of rotatable bonds is 5. The monoisotopic (exact) mass is 409 g/mol. The van der Waals surface area contributed by atoms with E-state index in [0.717, 1.165) is 16.7 Å². The zero-order valence-corrected chi connectivity index (χ0v) is 16.9. The Morgan fingerprint density at radius 1 is 1.07 bits per heavy atom.